The maximum absolute atomic E-state index is 5.44. The van der Waals surface area contributed by atoms with Gasteiger partial charge < -0.3 is 10.2 Å². The molecule has 0 unspecified atom stereocenters. The molecule has 3 nitrogen and oxygen atoms in total. The number of para-hydroxylation sites is 1. The summed E-state index contributed by atoms with van der Waals surface area (Å²) in [5.74, 6) is 6.20. The first-order valence-corrected chi connectivity index (χ1v) is 5.06. The molecule has 0 heterocycles. The van der Waals surface area contributed by atoms with Crippen LogP contribution in [0.15, 0.2) is 48.5 Å². The number of nitrogens with two attached hydrogens (primary N) is 1. The first-order chi connectivity index (χ1) is 7.86. The second-order valence-corrected chi connectivity index (χ2v) is 3.40. The van der Waals surface area contributed by atoms with E-state index in [0.717, 1.165) is 22.6 Å². The molecule has 90 valence electrons. The van der Waals surface area contributed by atoms with Gasteiger partial charge >= 0.3 is 0 Å². The Morgan fingerprint density at radius 1 is 1.00 bits per heavy atom. The van der Waals surface area contributed by atoms with Crippen molar-refractivity contribution in [1.82, 2.24) is 0 Å². The molecule has 0 saturated heterocycles. The average Bonchev–Trinajstić information content (AvgIpc) is 2.38. The molecule has 17 heavy (non-hydrogen) atoms. The molecule has 0 spiro atoms. The number of halogens is 1. The Morgan fingerprint density at radius 3 is 2.29 bits per heavy atom. The number of nitrogen functional groups attached to an aromatic ring is 1. The van der Waals surface area contributed by atoms with Crippen LogP contribution in [0, 0.1) is 0 Å². The highest BCUT2D eigenvalue weighted by Gasteiger charge is 2.08. The largest absolute Gasteiger partial charge is 0.494 e. The van der Waals surface area contributed by atoms with Gasteiger partial charge in [-0.15, -0.1) is 12.4 Å². The van der Waals surface area contributed by atoms with Crippen LogP contribution in [-0.4, -0.2) is 7.11 Å². The molecule has 0 aliphatic heterocycles. The lowest BCUT2D eigenvalue weighted by atomic mass is 10.0. The minimum Gasteiger partial charge on any atom is -0.494 e. The van der Waals surface area contributed by atoms with Crippen molar-refractivity contribution in [2.24, 2.45) is 5.84 Å². The fourth-order valence-corrected chi connectivity index (χ4v) is 1.72. The Bertz CT molecular complexity index is 474. The van der Waals surface area contributed by atoms with Crippen molar-refractivity contribution in [3.8, 4) is 16.9 Å². The second kappa shape index (κ2) is 6.13. The predicted octanol–water partition coefficient (Wildman–Crippen LogP) is 3.07. The topological polar surface area (TPSA) is 47.3 Å². The molecule has 4 heteroatoms. The van der Waals surface area contributed by atoms with Gasteiger partial charge in [-0.25, -0.2) is 0 Å². The van der Waals surface area contributed by atoms with Gasteiger partial charge in [0.05, 0.1) is 12.8 Å². The standard InChI is InChI=1S/C13H14N2O.ClH/c1-16-13-11(8-5-9-12(13)15-14)10-6-3-2-4-7-10;/h2-9,15H,14H2,1H3;1H. The number of nitrogens with one attached hydrogen (secondary N) is 1. The van der Waals surface area contributed by atoms with Gasteiger partial charge in [-0.05, 0) is 11.6 Å². The van der Waals surface area contributed by atoms with Crippen LogP contribution in [0.4, 0.5) is 5.69 Å². The van der Waals surface area contributed by atoms with Crippen molar-refractivity contribution in [2.75, 3.05) is 12.5 Å². The summed E-state index contributed by atoms with van der Waals surface area (Å²) in [4.78, 5) is 0. The van der Waals surface area contributed by atoms with Gasteiger partial charge in [-0.3, -0.25) is 5.84 Å². The van der Waals surface area contributed by atoms with Crippen molar-refractivity contribution < 1.29 is 4.74 Å². The zero-order valence-electron chi connectivity index (χ0n) is 9.51. The van der Waals surface area contributed by atoms with Crippen LogP contribution >= 0.6 is 12.4 Å². The molecule has 2 rings (SSSR count). The number of hydrogen-bond donors (Lipinski definition) is 2. The number of anilines is 1. The van der Waals surface area contributed by atoms with Crippen LogP contribution in [0.25, 0.3) is 11.1 Å². The first-order valence-electron chi connectivity index (χ1n) is 5.06. The summed E-state index contributed by atoms with van der Waals surface area (Å²) in [6, 6.07) is 15.9. The van der Waals surface area contributed by atoms with E-state index in [0.29, 0.717) is 0 Å². The molecule has 0 aromatic heterocycles. The lowest BCUT2D eigenvalue weighted by Gasteiger charge is -2.12. The van der Waals surface area contributed by atoms with Gasteiger partial charge in [0.25, 0.3) is 0 Å². The van der Waals surface area contributed by atoms with Crippen molar-refractivity contribution in [2.45, 2.75) is 0 Å². The fourth-order valence-electron chi connectivity index (χ4n) is 1.72. The Balaban J connectivity index is 0.00000144. The minimum absolute atomic E-state index is 0. The number of methoxy groups -OCH3 is 1. The smallest absolute Gasteiger partial charge is 0.151 e. The van der Waals surface area contributed by atoms with Gasteiger partial charge in [-0.1, -0.05) is 42.5 Å². The highest BCUT2D eigenvalue weighted by Crippen LogP contribution is 2.35. The van der Waals surface area contributed by atoms with E-state index < -0.39 is 0 Å². The lowest BCUT2D eigenvalue weighted by molar-refractivity contribution is 0.418. The Morgan fingerprint density at radius 2 is 1.71 bits per heavy atom. The summed E-state index contributed by atoms with van der Waals surface area (Å²) >= 11 is 0. The van der Waals surface area contributed by atoms with Gasteiger partial charge in [0, 0.05) is 5.56 Å². The van der Waals surface area contributed by atoms with E-state index in [4.69, 9.17) is 10.6 Å². The summed E-state index contributed by atoms with van der Waals surface area (Å²) < 4.78 is 5.38. The number of ether oxygens (including phenoxy) is 1. The van der Waals surface area contributed by atoms with Gasteiger partial charge in [0.15, 0.2) is 5.75 Å². The summed E-state index contributed by atoms with van der Waals surface area (Å²) in [6.45, 7) is 0. The molecule has 3 N–H and O–H groups in total. The Labute approximate surface area is 107 Å². The summed E-state index contributed by atoms with van der Waals surface area (Å²) in [6.07, 6.45) is 0. The van der Waals surface area contributed by atoms with Gasteiger partial charge in [-0.2, -0.15) is 0 Å². The van der Waals surface area contributed by atoms with Crippen LogP contribution in [0.2, 0.25) is 0 Å². The molecule has 0 aliphatic rings. The molecular weight excluding hydrogens is 236 g/mol. The number of rotatable bonds is 3. The second-order valence-electron chi connectivity index (χ2n) is 3.40. The number of hydrogen-bond acceptors (Lipinski definition) is 3. The van der Waals surface area contributed by atoms with E-state index in [1.165, 1.54) is 0 Å². The van der Waals surface area contributed by atoms with Crippen molar-refractivity contribution >= 4 is 18.1 Å². The van der Waals surface area contributed by atoms with E-state index in [1.807, 2.05) is 48.5 Å². The zero-order valence-corrected chi connectivity index (χ0v) is 10.3. The average molecular weight is 251 g/mol. The normalized spacial score (nSPS) is 9.29. The molecule has 0 saturated carbocycles. The lowest BCUT2D eigenvalue weighted by Crippen LogP contribution is -2.08. The van der Waals surface area contributed by atoms with E-state index >= 15 is 0 Å². The number of benzene rings is 2. The molecule has 0 fully saturated rings. The van der Waals surface area contributed by atoms with Crippen LogP contribution in [-0.2, 0) is 0 Å². The zero-order chi connectivity index (χ0) is 11.4. The quantitative estimate of drug-likeness (QED) is 0.650. The molecule has 0 bridgehead atoms. The molecule has 2 aromatic carbocycles. The summed E-state index contributed by atoms with van der Waals surface area (Å²) in [5, 5.41) is 0. The molecule has 0 aliphatic carbocycles. The Kier molecular flexibility index (Phi) is 4.82. The molecule has 2 aromatic rings. The third-order valence-corrected chi connectivity index (χ3v) is 2.46. The summed E-state index contributed by atoms with van der Waals surface area (Å²) in [7, 11) is 1.64. The third-order valence-electron chi connectivity index (χ3n) is 2.46. The van der Waals surface area contributed by atoms with E-state index in [9.17, 15) is 0 Å². The van der Waals surface area contributed by atoms with Crippen LogP contribution in [0.3, 0.4) is 0 Å². The monoisotopic (exact) mass is 250 g/mol. The van der Waals surface area contributed by atoms with Crippen LogP contribution in [0.1, 0.15) is 0 Å². The first kappa shape index (κ1) is 13.4. The number of hydrazine groups is 1. The Hall–Kier alpha value is -1.71. The van der Waals surface area contributed by atoms with E-state index in [1.54, 1.807) is 7.11 Å². The molecule has 0 amide bonds. The maximum atomic E-state index is 5.44. The van der Waals surface area contributed by atoms with Gasteiger partial charge in [0.2, 0.25) is 0 Å². The van der Waals surface area contributed by atoms with E-state index in [2.05, 4.69) is 5.43 Å². The van der Waals surface area contributed by atoms with Crippen LogP contribution in [0.5, 0.6) is 5.75 Å². The van der Waals surface area contributed by atoms with Gasteiger partial charge in [0.1, 0.15) is 0 Å². The maximum Gasteiger partial charge on any atom is 0.151 e. The third kappa shape index (κ3) is 2.70. The molecule has 0 radical (unpaired) electrons. The highest BCUT2D eigenvalue weighted by atomic mass is 35.5. The van der Waals surface area contributed by atoms with Crippen molar-refractivity contribution in [1.29, 1.82) is 0 Å². The summed E-state index contributed by atoms with van der Waals surface area (Å²) in [5.41, 5.74) is 5.55. The molecule has 0 atom stereocenters. The highest BCUT2D eigenvalue weighted by molar-refractivity contribution is 5.85. The predicted molar refractivity (Wildman–Crippen MR) is 73.5 cm³/mol. The van der Waals surface area contributed by atoms with E-state index in [-0.39, 0.29) is 12.4 Å². The SMILES string of the molecule is COc1c(NN)cccc1-c1ccccc1.Cl. The van der Waals surface area contributed by atoms with Crippen LogP contribution < -0.4 is 16.0 Å². The van der Waals surface area contributed by atoms with Crippen molar-refractivity contribution in [3.05, 3.63) is 48.5 Å². The minimum atomic E-state index is 0. The molecular formula is C13H15ClN2O. The fraction of sp³-hybridized carbons (Fsp3) is 0.0769. The van der Waals surface area contributed by atoms with Crippen molar-refractivity contribution in [3.63, 3.8) is 0 Å².